The highest BCUT2D eigenvalue weighted by atomic mass is 19.2. The second-order valence-electron chi connectivity index (χ2n) is 4.52. The van der Waals surface area contributed by atoms with Gasteiger partial charge in [0.1, 0.15) is 17.7 Å². The molecule has 0 fully saturated rings. The van der Waals surface area contributed by atoms with Gasteiger partial charge in [-0.25, -0.2) is 18.7 Å². The lowest BCUT2D eigenvalue weighted by molar-refractivity contribution is 0.431. The van der Waals surface area contributed by atoms with Crippen molar-refractivity contribution in [1.82, 2.24) is 25.1 Å². The standard InChI is InChI=1S/C14H7F2N5O/c15-8-1-2-9-7(12(8)16)5-11(19-9)14-20-13(21-22-14)10-3-4-17-6-18-10/h1-6,19H. The summed E-state index contributed by atoms with van der Waals surface area (Å²) in [6, 6.07) is 5.55. The quantitative estimate of drug-likeness (QED) is 0.615. The number of benzene rings is 1. The number of hydrogen-bond donors (Lipinski definition) is 1. The van der Waals surface area contributed by atoms with Crippen LogP contribution in [-0.4, -0.2) is 25.1 Å². The Labute approximate surface area is 121 Å². The third-order valence-corrected chi connectivity index (χ3v) is 3.16. The largest absolute Gasteiger partial charge is 0.350 e. The fourth-order valence-corrected chi connectivity index (χ4v) is 2.12. The molecule has 0 saturated carbocycles. The summed E-state index contributed by atoms with van der Waals surface area (Å²) < 4.78 is 32.1. The maximum absolute atomic E-state index is 13.7. The highest BCUT2D eigenvalue weighted by Crippen LogP contribution is 2.27. The lowest BCUT2D eigenvalue weighted by Gasteiger charge is -1.92. The Morgan fingerprint density at radius 1 is 1.14 bits per heavy atom. The fourth-order valence-electron chi connectivity index (χ4n) is 2.12. The number of H-pyrrole nitrogens is 1. The summed E-state index contributed by atoms with van der Waals surface area (Å²) >= 11 is 0. The fraction of sp³-hybridized carbons (Fsp3) is 0. The van der Waals surface area contributed by atoms with E-state index in [1.165, 1.54) is 18.5 Å². The molecule has 0 radical (unpaired) electrons. The number of nitrogens with one attached hydrogen (secondary N) is 1. The molecular formula is C14H7F2N5O. The van der Waals surface area contributed by atoms with E-state index in [1.54, 1.807) is 12.3 Å². The molecule has 108 valence electrons. The minimum Gasteiger partial charge on any atom is -0.350 e. The van der Waals surface area contributed by atoms with Gasteiger partial charge in [-0.3, -0.25) is 0 Å². The molecule has 0 spiro atoms. The number of rotatable bonds is 2. The Morgan fingerprint density at radius 3 is 2.86 bits per heavy atom. The van der Waals surface area contributed by atoms with E-state index >= 15 is 0 Å². The Balaban J connectivity index is 1.80. The van der Waals surface area contributed by atoms with Crippen molar-refractivity contribution in [2.45, 2.75) is 0 Å². The first-order valence-corrected chi connectivity index (χ1v) is 6.29. The minimum absolute atomic E-state index is 0.122. The summed E-state index contributed by atoms with van der Waals surface area (Å²) in [7, 11) is 0. The van der Waals surface area contributed by atoms with E-state index in [9.17, 15) is 8.78 Å². The van der Waals surface area contributed by atoms with Gasteiger partial charge < -0.3 is 9.51 Å². The Hall–Kier alpha value is -3.16. The van der Waals surface area contributed by atoms with E-state index in [-0.39, 0.29) is 17.1 Å². The number of hydrogen-bond acceptors (Lipinski definition) is 5. The number of nitrogens with zero attached hydrogens (tertiary/aromatic N) is 4. The lowest BCUT2D eigenvalue weighted by Crippen LogP contribution is -1.85. The number of aromatic amines is 1. The van der Waals surface area contributed by atoms with Crippen molar-refractivity contribution in [3.05, 3.63) is 48.4 Å². The summed E-state index contributed by atoms with van der Waals surface area (Å²) in [4.78, 5) is 14.9. The van der Waals surface area contributed by atoms with Crippen LogP contribution in [0.3, 0.4) is 0 Å². The van der Waals surface area contributed by atoms with Crippen LogP contribution in [0.1, 0.15) is 0 Å². The van der Waals surface area contributed by atoms with Gasteiger partial charge in [0, 0.05) is 17.1 Å². The molecule has 0 aliphatic heterocycles. The molecule has 4 aromatic rings. The van der Waals surface area contributed by atoms with Crippen LogP contribution in [0.5, 0.6) is 0 Å². The molecule has 0 unspecified atom stereocenters. The maximum Gasteiger partial charge on any atom is 0.274 e. The van der Waals surface area contributed by atoms with E-state index < -0.39 is 11.6 Å². The van der Waals surface area contributed by atoms with Crippen molar-refractivity contribution in [3.8, 4) is 23.1 Å². The van der Waals surface area contributed by atoms with E-state index in [4.69, 9.17) is 4.52 Å². The molecule has 0 aliphatic rings. The van der Waals surface area contributed by atoms with E-state index in [0.717, 1.165) is 6.07 Å². The van der Waals surface area contributed by atoms with Gasteiger partial charge in [-0.15, -0.1) is 0 Å². The molecule has 0 aliphatic carbocycles. The summed E-state index contributed by atoms with van der Waals surface area (Å²) in [5, 5.41) is 3.93. The molecule has 0 atom stereocenters. The third kappa shape index (κ3) is 1.93. The van der Waals surface area contributed by atoms with Gasteiger partial charge >= 0.3 is 0 Å². The molecule has 6 nitrogen and oxygen atoms in total. The van der Waals surface area contributed by atoms with Gasteiger partial charge in [-0.2, -0.15) is 4.98 Å². The first-order valence-electron chi connectivity index (χ1n) is 6.29. The molecule has 3 heterocycles. The van der Waals surface area contributed by atoms with E-state index in [2.05, 4.69) is 25.1 Å². The molecular weight excluding hydrogens is 292 g/mol. The topological polar surface area (TPSA) is 80.5 Å². The highest BCUT2D eigenvalue weighted by molar-refractivity contribution is 5.85. The zero-order chi connectivity index (χ0) is 15.1. The van der Waals surface area contributed by atoms with Crippen molar-refractivity contribution in [1.29, 1.82) is 0 Å². The number of fused-ring (bicyclic) bond motifs is 1. The van der Waals surface area contributed by atoms with Gasteiger partial charge in [-0.05, 0) is 24.3 Å². The lowest BCUT2D eigenvalue weighted by atomic mass is 10.2. The molecule has 0 saturated heterocycles. The van der Waals surface area contributed by atoms with Crippen LogP contribution >= 0.6 is 0 Å². The molecule has 0 bridgehead atoms. The summed E-state index contributed by atoms with van der Waals surface area (Å²) in [6.45, 7) is 0. The number of aromatic nitrogens is 5. The zero-order valence-corrected chi connectivity index (χ0v) is 10.9. The minimum atomic E-state index is -0.921. The number of halogens is 2. The van der Waals surface area contributed by atoms with Crippen LogP contribution in [-0.2, 0) is 0 Å². The first kappa shape index (κ1) is 12.6. The molecule has 22 heavy (non-hydrogen) atoms. The van der Waals surface area contributed by atoms with Crippen molar-refractivity contribution in [3.63, 3.8) is 0 Å². The molecule has 3 aromatic heterocycles. The van der Waals surface area contributed by atoms with Crippen LogP contribution < -0.4 is 0 Å². The Kier molecular flexibility index (Phi) is 2.68. The van der Waals surface area contributed by atoms with Gasteiger partial charge in [0.25, 0.3) is 5.89 Å². The van der Waals surface area contributed by atoms with Crippen LogP contribution in [0.2, 0.25) is 0 Å². The first-order chi connectivity index (χ1) is 10.7. The summed E-state index contributed by atoms with van der Waals surface area (Å²) in [5.74, 6) is -1.40. The van der Waals surface area contributed by atoms with Gasteiger partial charge in [0.2, 0.25) is 5.82 Å². The van der Waals surface area contributed by atoms with Crippen molar-refractivity contribution in [2.24, 2.45) is 0 Å². The maximum atomic E-state index is 13.7. The zero-order valence-electron chi connectivity index (χ0n) is 10.9. The average Bonchev–Trinajstić information content (AvgIpc) is 3.19. The predicted octanol–water partition coefficient (Wildman–Crippen LogP) is 2.95. The molecule has 1 aromatic carbocycles. The van der Waals surface area contributed by atoms with Crippen LogP contribution in [0.15, 0.2) is 41.3 Å². The van der Waals surface area contributed by atoms with Crippen LogP contribution in [0.25, 0.3) is 34.0 Å². The van der Waals surface area contributed by atoms with Gasteiger partial charge in [0.05, 0.1) is 0 Å². The Bertz CT molecular complexity index is 964. The second-order valence-corrected chi connectivity index (χ2v) is 4.52. The molecule has 4 rings (SSSR count). The van der Waals surface area contributed by atoms with Crippen molar-refractivity contribution >= 4 is 10.9 Å². The van der Waals surface area contributed by atoms with Gasteiger partial charge in [-0.1, -0.05) is 5.16 Å². The SMILES string of the molecule is Fc1ccc2[nH]c(-c3nc(-c4ccncn4)no3)cc2c1F. The van der Waals surface area contributed by atoms with E-state index in [1.807, 2.05) is 0 Å². The summed E-state index contributed by atoms with van der Waals surface area (Å²) in [5.41, 5.74) is 1.33. The Morgan fingerprint density at radius 2 is 2.05 bits per heavy atom. The predicted molar refractivity (Wildman–Crippen MR) is 72.5 cm³/mol. The molecule has 8 heteroatoms. The second kappa shape index (κ2) is 4.69. The third-order valence-electron chi connectivity index (χ3n) is 3.16. The smallest absolute Gasteiger partial charge is 0.274 e. The van der Waals surface area contributed by atoms with Crippen LogP contribution in [0.4, 0.5) is 8.78 Å². The highest BCUT2D eigenvalue weighted by Gasteiger charge is 2.16. The van der Waals surface area contributed by atoms with Crippen molar-refractivity contribution < 1.29 is 13.3 Å². The molecule has 0 amide bonds. The van der Waals surface area contributed by atoms with E-state index in [0.29, 0.717) is 16.9 Å². The average molecular weight is 299 g/mol. The van der Waals surface area contributed by atoms with Gasteiger partial charge in [0.15, 0.2) is 11.6 Å². The molecule has 1 N–H and O–H groups in total. The summed E-state index contributed by atoms with van der Waals surface area (Å²) in [6.07, 6.45) is 2.92. The normalized spacial score (nSPS) is 11.2. The van der Waals surface area contributed by atoms with Crippen LogP contribution in [0, 0.1) is 11.6 Å². The van der Waals surface area contributed by atoms with Crippen molar-refractivity contribution in [2.75, 3.05) is 0 Å². The monoisotopic (exact) mass is 299 g/mol.